The summed E-state index contributed by atoms with van der Waals surface area (Å²) in [5.41, 5.74) is 2.88. The fraction of sp³-hybridized carbons (Fsp3) is 0.438. The fourth-order valence-electron chi connectivity index (χ4n) is 1.66. The van der Waals surface area contributed by atoms with Gasteiger partial charge in [0, 0.05) is 6.54 Å². The van der Waals surface area contributed by atoms with E-state index in [4.69, 9.17) is 9.47 Å². The first kappa shape index (κ1) is 18.5. The van der Waals surface area contributed by atoms with Gasteiger partial charge in [0.2, 0.25) is 0 Å². The Bertz CT molecular complexity index is 558. The monoisotopic (exact) mass is 321 g/mol. The van der Waals surface area contributed by atoms with E-state index in [2.05, 4.69) is 15.8 Å². The number of hydrazone groups is 1. The van der Waals surface area contributed by atoms with Crippen molar-refractivity contribution in [2.24, 2.45) is 5.10 Å². The minimum Gasteiger partial charge on any atom is -0.490 e. The number of likely N-dealkylation sites (N-methyl/N-ethyl adjacent to an activating group) is 1. The maximum atomic E-state index is 11.4. The number of rotatable bonds is 8. The topological polar surface area (TPSA) is 89.0 Å². The van der Waals surface area contributed by atoms with Crippen molar-refractivity contribution in [1.29, 1.82) is 0 Å². The van der Waals surface area contributed by atoms with Gasteiger partial charge in [0.1, 0.15) is 0 Å². The van der Waals surface area contributed by atoms with Crippen molar-refractivity contribution in [3.63, 3.8) is 0 Å². The van der Waals surface area contributed by atoms with Crippen LogP contribution in [0.25, 0.3) is 0 Å². The van der Waals surface area contributed by atoms with Crippen molar-refractivity contribution in [3.8, 4) is 11.5 Å². The van der Waals surface area contributed by atoms with Crippen LogP contribution in [0, 0.1) is 0 Å². The summed E-state index contributed by atoms with van der Waals surface area (Å²) in [5.74, 6) is -0.254. The highest BCUT2D eigenvalue weighted by molar-refractivity contribution is 6.35. The van der Waals surface area contributed by atoms with E-state index < -0.39 is 11.8 Å². The minimum absolute atomic E-state index is 0.382. The Labute approximate surface area is 136 Å². The zero-order valence-corrected chi connectivity index (χ0v) is 13.7. The lowest BCUT2D eigenvalue weighted by atomic mass is 10.2. The predicted octanol–water partition coefficient (Wildman–Crippen LogP) is 1.46. The van der Waals surface area contributed by atoms with Gasteiger partial charge >= 0.3 is 11.8 Å². The zero-order valence-electron chi connectivity index (χ0n) is 13.7. The number of nitrogens with zero attached hydrogens (tertiary/aromatic N) is 1. The normalized spacial score (nSPS) is 10.4. The molecule has 0 aliphatic rings. The van der Waals surface area contributed by atoms with E-state index in [9.17, 15) is 9.59 Å². The first-order chi connectivity index (χ1) is 11.1. The molecule has 0 aromatic heterocycles. The van der Waals surface area contributed by atoms with Crippen molar-refractivity contribution in [3.05, 3.63) is 23.8 Å². The maximum Gasteiger partial charge on any atom is 0.329 e. The summed E-state index contributed by atoms with van der Waals surface area (Å²) in [6.45, 7) is 7.14. The van der Waals surface area contributed by atoms with Crippen LogP contribution in [0.4, 0.5) is 0 Å². The van der Waals surface area contributed by atoms with Crippen molar-refractivity contribution in [2.45, 2.75) is 27.2 Å². The van der Waals surface area contributed by atoms with Gasteiger partial charge in [-0.2, -0.15) is 5.10 Å². The number of hydrogen-bond donors (Lipinski definition) is 2. The number of nitrogens with one attached hydrogen (secondary N) is 2. The Morgan fingerprint density at radius 1 is 1.13 bits per heavy atom. The molecule has 0 bridgehead atoms. The molecule has 7 heteroatoms. The molecule has 23 heavy (non-hydrogen) atoms. The maximum absolute atomic E-state index is 11.4. The van der Waals surface area contributed by atoms with Gasteiger partial charge in [-0.05, 0) is 44.0 Å². The van der Waals surface area contributed by atoms with Crippen molar-refractivity contribution in [1.82, 2.24) is 10.7 Å². The largest absolute Gasteiger partial charge is 0.490 e. The molecule has 0 heterocycles. The minimum atomic E-state index is -0.809. The summed E-state index contributed by atoms with van der Waals surface area (Å²) >= 11 is 0. The van der Waals surface area contributed by atoms with E-state index in [0.717, 1.165) is 6.42 Å². The van der Waals surface area contributed by atoms with Gasteiger partial charge in [-0.1, -0.05) is 6.92 Å². The molecule has 2 amide bonds. The molecular weight excluding hydrogens is 298 g/mol. The second kappa shape index (κ2) is 10.2. The number of carbonyl (C=O) groups excluding carboxylic acids is 2. The molecule has 0 saturated carbocycles. The zero-order chi connectivity index (χ0) is 17.1. The third-order valence-electron chi connectivity index (χ3n) is 2.65. The van der Waals surface area contributed by atoms with Crippen LogP contribution in [0.3, 0.4) is 0 Å². The number of carbonyl (C=O) groups is 2. The van der Waals surface area contributed by atoms with Crippen LogP contribution in [0.5, 0.6) is 11.5 Å². The molecule has 0 aliphatic heterocycles. The molecule has 0 aliphatic carbocycles. The summed E-state index contributed by atoms with van der Waals surface area (Å²) < 4.78 is 11.1. The molecule has 0 saturated heterocycles. The van der Waals surface area contributed by atoms with E-state index in [1.54, 1.807) is 25.1 Å². The molecule has 1 aromatic carbocycles. The first-order valence-electron chi connectivity index (χ1n) is 7.63. The molecule has 2 N–H and O–H groups in total. The van der Waals surface area contributed by atoms with E-state index in [1.807, 2.05) is 13.8 Å². The summed E-state index contributed by atoms with van der Waals surface area (Å²) in [6, 6.07) is 5.33. The van der Waals surface area contributed by atoms with E-state index in [0.29, 0.717) is 36.8 Å². The molecule has 0 atom stereocenters. The van der Waals surface area contributed by atoms with Crippen LogP contribution in [0.15, 0.2) is 23.3 Å². The standard InChI is InChI=1S/C16H23N3O4/c1-4-9-23-13-8-7-12(10-14(13)22-6-3)11-18-19-16(21)15(20)17-5-2/h7-8,10-11H,4-6,9H2,1-3H3,(H,17,20)(H,19,21)/b18-11-. The van der Waals surface area contributed by atoms with Crippen LogP contribution in [-0.2, 0) is 9.59 Å². The molecular formula is C16H23N3O4. The lowest BCUT2D eigenvalue weighted by molar-refractivity contribution is -0.139. The third-order valence-corrected chi connectivity index (χ3v) is 2.65. The Morgan fingerprint density at radius 3 is 2.57 bits per heavy atom. The number of benzene rings is 1. The summed E-state index contributed by atoms with van der Waals surface area (Å²) in [6.07, 6.45) is 2.34. The molecule has 0 spiro atoms. The first-order valence-corrected chi connectivity index (χ1v) is 7.63. The van der Waals surface area contributed by atoms with Gasteiger partial charge in [-0.3, -0.25) is 9.59 Å². The van der Waals surface area contributed by atoms with Crippen LogP contribution in [0.1, 0.15) is 32.8 Å². The summed E-state index contributed by atoms with van der Waals surface area (Å²) in [7, 11) is 0. The van der Waals surface area contributed by atoms with Gasteiger partial charge in [0.05, 0.1) is 19.4 Å². The Balaban J connectivity index is 2.72. The second-order valence-corrected chi connectivity index (χ2v) is 4.55. The van der Waals surface area contributed by atoms with Gasteiger partial charge in [-0.25, -0.2) is 5.43 Å². The van der Waals surface area contributed by atoms with Crippen LogP contribution in [-0.4, -0.2) is 37.8 Å². The molecule has 126 valence electrons. The quantitative estimate of drug-likeness (QED) is 0.431. The lowest BCUT2D eigenvalue weighted by Crippen LogP contribution is -2.37. The van der Waals surface area contributed by atoms with Crippen LogP contribution < -0.4 is 20.2 Å². The van der Waals surface area contributed by atoms with Crippen molar-refractivity contribution < 1.29 is 19.1 Å². The molecule has 0 radical (unpaired) electrons. The van der Waals surface area contributed by atoms with Gasteiger partial charge < -0.3 is 14.8 Å². The summed E-state index contributed by atoms with van der Waals surface area (Å²) in [4.78, 5) is 22.6. The Morgan fingerprint density at radius 2 is 1.91 bits per heavy atom. The number of hydrogen-bond acceptors (Lipinski definition) is 5. The molecule has 1 rings (SSSR count). The average Bonchev–Trinajstić information content (AvgIpc) is 2.54. The molecule has 0 unspecified atom stereocenters. The second-order valence-electron chi connectivity index (χ2n) is 4.55. The molecule has 1 aromatic rings. The van der Waals surface area contributed by atoms with Gasteiger partial charge in [0.25, 0.3) is 0 Å². The highest BCUT2D eigenvalue weighted by Gasteiger charge is 2.10. The highest BCUT2D eigenvalue weighted by Crippen LogP contribution is 2.28. The number of amides is 2. The molecule has 7 nitrogen and oxygen atoms in total. The van der Waals surface area contributed by atoms with Gasteiger partial charge in [0.15, 0.2) is 11.5 Å². The van der Waals surface area contributed by atoms with E-state index in [1.165, 1.54) is 6.21 Å². The molecule has 0 fully saturated rings. The summed E-state index contributed by atoms with van der Waals surface area (Å²) in [5, 5.41) is 6.14. The highest BCUT2D eigenvalue weighted by atomic mass is 16.5. The predicted molar refractivity (Wildman–Crippen MR) is 87.8 cm³/mol. The fourth-order valence-corrected chi connectivity index (χ4v) is 1.66. The van der Waals surface area contributed by atoms with Crippen LogP contribution >= 0.6 is 0 Å². The Kier molecular flexibility index (Phi) is 8.20. The number of ether oxygens (including phenoxy) is 2. The Hall–Kier alpha value is -2.57. The van der Waals surface area contributed by atoms with Crippen molar-refractivity contribution in [2.75, 3.05) is 19.8 Å². The third kappa shape index (κ3) is 6.37. The van der Waals surface area contributed by atoms with Crippen molar-refractivity contribution >= 4 is 18.0 Å². The van der Waals surface area contributed by atoms with Gasteiger partial charge in [-0.15, -0.1) is 0 Å². The SMILES string of the molecule is CCCOc1ccc(/C=N\NC(=O)C(=O)NCC)cc1OCC. The van der Waals surface area contributed by atoms with E-state index >= 15 is 0 Å². The lowest BCUT2D eigenvalue weighted by Gasteiger charge is -2.11. The van der Waals surface area contributed by atoms with E-state index in [-0.39, 0.29) is 0 Å². The average molecular weight is 321 g/mol. The van der Waals surface area contributed by atoms with Crippen LogP contribution in [0.2, 0.25) is 0 Å². The smallest absolute Gasteiger partial charge is 0.329 e.